The molecule has 8 nitrogen and oxygen atoms in total. The number of hydrogen-bond acceptors (Lipinski definition) is 7. The fraction of sp³-hybridized carbons (Fsp3) is 0.367. The second-order valence-corrected chi connectivity index (χ2v) is 13.1. The summed E-state index contributed by atoms with van der Waals surface area (Å²) in [6.07, 6.45) is 1.83. The Bertz CT molecular complexity index is 1620. The highest BCUT2D eigenvalue weighted by molar-refractivity contribution is 7.92. The van der Waals surface area contributed by atoms with Crippen LogP contribution in [0.25, 0.3) is 22.2 Å². The Labute approximate surface area is 239 Å². The summed E-state index contributed by atoms with van der Waals surface area (Å²) >= 11 is 1.13. The molecule has 0 atom stereocenters. The number of fused-ring (bicyclic) bond motifs is 1. The quantitative estimate of drug-likeness (QED) is 0.149. The van der Waals surface area contributed by atoms with Gasteiger partial charge in [-0.2, -0.15) is 0 Å². The van der Waals surface area contributed by atoms with Crippen LogP contribution in [0.15, 0.2) is 58.8 Å². The number of ketones is 1. The number of aryl methyl sites for hydroxylation is 1. The zero-order valence-corrected chi connectivity index (χ0v) is 24.9. The molecule has 4 rings (SSSR count). The lowest BCUT2D eigenvalue weighted by atomic mass is 10.0. The van der Waals surface area contributed by atoms with Crippen LogP contribution < -0.4 is 4.72 Å². The van der Waals surface area contributed by atoms with E-state index in [4.69, 9.17) is 4.74 Å². The standard InChI is InChI=1S/C30H35N3O5S2/c1-5-7-15-38-30(35)32-40(36,37)29-24(18-23(39-29)16-20(3)4)21-11-10-12-22(17-21)27(34)19-33-26-14-9-8-13-25(26)31-28(33)6-2/h8-14,17-18,20H,5-7,15-16,19H2,1-4H3,(H,32,35). The highest BCUT2D eigenvalue weighted by Crippen LogP contribution is 2.37. The number of amides is 1. The van der Waals surface area contributed by atoms with Crippen LogP contribution in [-0.2, 0) is 34.1 Å². The molecule has 0 aliphatic rings. The van der Waals surface area contributed by atoms with Gasteiger partial charge in [0.15, 0.2) is 5.78 Å². The van der Waals surface area contributed by atoms with Gasteiger partial charge in [0.1, 0.15) is 10.0 Å². The molecular weight excluding hydrogens is 546 g/mol. The number of Topliss-reactive ketones (excluding diaryl/α,β-unsaturated/α-hetero) is 1. The second-order valence-electron chi connectivity index (χ2n) is 10.1. The number of nitrogens with zero attached hydrogens (tertiary/aromatic N) is 2. The number of unbranched alkanes of at least 4 members (excludes halogenated alkanes) is 1. The molecule has 0 radical (unpaired) electrons. The van der Waals surface area contributed by atoms with Gasteiger partial charge in [-0.05, 0) is 48.6 Å². The number of hydrogen-bond donors (Lipinski definition) is 1. The van der Waals surface area contributed by atoms with Gasteiger partial charge in [0.2, 0.25) is 0 Å². The highest BCUT2D eigenvalue weighted by Gasteiger charge is 2.27. The number of thiophene rings is 1. The number of para-hydroxylation sites is 2. The van der Waals surface area contributed by atoms with Crippen molar-refractivity contribution in [1.29, 1.82) is 0 Å². The zero-order valence-electron chi connectivity index (χ0n) is 23.3. The molecule has 2 heterocycles. The van der Waals surface area contributed by atoms with Crippen molar-refractivity contribution in [3.05, 3.63) is 70.9 Å². The maximum atomic E-state index is 13.5. The van der Waals surface area contributed by atoms with Gasteiger partial charge in [0, 0.05) is 22.4 Å². The van der Waals surface area contributed by atoms with Crippen molar-refractivity contribution in [3.8, 4) is 11.1 Å². The number of nitrogens with one attached hydrogen (secondary N) is 1. The minimum Gasteiger partial charge on any atom is -0.449 e. The van der Waals surface area contributed by atoms with Gasteiger partial charge >= 0.3 is 6.09 Å². The molecule has 1 amide bonds. The van der Waals surface area contributed by atoms with Gasteiger partial charge in [-0.3, -0.25) is 4.79 Å². The predicted octanol–water partition coefficient (Wildman–Crippen LogP) is 6.62. The van der Waals surface area contributed by atoms with Gasteiger partial charge in [0.05, 0.1) is 24.2 Å². The lowest BCUT2D eigenvalue weighted by Crippen LogP contribution is -2.31. The molecule has 0 spiro atoms. The number of benzene rings is 2. The maximum absolute atomic E-state index is 13.5. The van der Waals surface area contributed by atoms with E-state index in [-0.39, 0.29) is 23.1 Å². The first-order chi connectivity index (χ1) is 19.1. The first kappa shape index (κ1) is 29.5. The van der Waals surface area contributed by atoms with E-state index in [0.717, 1.165) is 39.5 Å². The minimum atomic E-state index is -4.20. The van der Waals surface area contributed by atoms with Gasteiger partial charge in [-0.1, -0.05) is 64.4 Å². The SMILES string of the molecule is CCCCOC(=O)NS(=O)(=O)c1sc(CC(C)C)cc1-c1cccc(C(=O)Cn2c(CC)nc3ccccc32)c1. The summed E-state index contributed by atoms with van der Waals surface area (Å²) in [6.45, 7) is 8.33. The molecular formula is C30H35N3O5S2. The molecule has 1 N–H and O–H groups in total. The summed E-state index contributed by atoms with van der Waals surface area (Å²) in [7, 11) is -4.20. The topological polar surface area (TPSA) is 107 Å². The van der Waals surface area contributed by atoms with Crippen molar-refractivity contribution in [2.45, 2.75) is 64.1 Å². The first-order valence-corrected chi connectivity index (χ1v) is 15.8. The van der Waals surface area contributed by atoms with Crippen LogP contribution in [0.1, 0.15) is 61.6 Å². The third kappa shape index (κ3) is 6.79. The summed E-state index contributed by atoms with van der Waals surface area (Å²) in [4.78, 5) is 31.2. The van der Waals surface area contributed by atoms with Crippen LogP contribution in [0.2, 0.25) is 0 Å². The Morgan fingerprint density at radius 3 is 2.58 bits per heavy atom. The fourth-order valence-electron chi connectivity index (χ4n) is 4.49. The Hall–Kier alpha value is -3.50. The molecule has 0 fully saturated rings. The molecule has 0 aliphatic carbocycles. The second kappa shape index (κ2) is 12.8. The number of carbonyl (C=O) groups is 2. The van der Waals surface area contributed by atoms with Gasteiger partial charge in [-0.15, -0.1) is 11.3 Å². The van der Waals surface area contributed by atoms with Gasteiger partial charge < -0.3 is 9.30 Å². The lowest BCUT2D eigenvalue weighted by Gasteiger charge is -2.10. The van der Waals surface area contributed by atoms with Gasteiger partial charge in [-0.25, -0.2) is 22.9 Å². The highest BCUT2D eigenvalue weighted by atomic mass is 32.2. The van der Waals surface area contributed by atoms with Crippen molar-refractivity contribution >= 4 is 44.3 Å². The predicted molar refractivity (Wildman–Crippen MR) is 158 cm³/mol. The molecule has 10 heteroatoms. The van der Waals surface area contributed by atoms with E-state index in [0.29, 0.717) is 41.9 Å². The summed E-state index contributed by atoms with van der Waals surface area (Å²) in [5, 5.41) is 0. The van der Waals surface area contributed by atoms with Crippen molar-refractivity contribution in [3.63, 3.8) is 0 Å². The van der Waals surface area contributed by atoms with E-state index in [1.165, 1.54) is 0 Å². The summed E-state index contributed by atoms with van der Waals surface area (Å²) in [5.74, 6) is 1.02. The van der Waals surface area contributed by atoms with Gasteiger partial charge in [0.25, 0.3) is 10.0 Å². The van der Waals surface area contributed by atoms with E-state index in [1.807, 2.05) is 53.5 Å². The third-order valence-electron chi connectivity index (χ3n) is 6.40. The summed E-state index contributed by atoms with van der Waals surface area (Å²) in [6, 6.07) is 16.5. The average Bonchev–Trinajstić information content (AvgIpc) is 3.50. The van der Waals surface area contributed by atoms with Crippen LogP contribution in [0.5, 0.6) is 0 Å². The lowest BCUT2D eigenvalue weighted by molar-refractivity contribution is 0.0972. The van der Waals surface area contributed by atoms with Crippen LogP contribution in [0.4, 0.5) is 4.79 Å². The molecule has 2 aromatic heterocycles. The van der Waals surface area contributed by atoms with Crippen LogP contribution in [0.3, 0.4) is 0 Å². The minimum absolute atomic E-state index is 0.0223. The van der Waals surface area contributed by atoms with E-state index in [1.54, 1.807) is 24.3 Å². The number of ether oxygens (including phenoxy) is 1. The Kier molecular flexibility index (Phi) is 9.42. The van der Waals surface area contributed by atoms with E-state index < -0.39 is 16.1 Å². The van der Waals surface area contributed by atoms with Crippen molar-refractivity contribution < 1.29 is 22.7 Å². The molecule has 212 valence electrons. The zero-order chi connectivity index (χ0) is 28.9. The smallest absolute Gasteiger partial charge is 0.421 e. The van der Waals surface area contributed by atoms with E-state index in [9.17, 15) is 18.0 Å². The molecule has 0 aliphatic heterocycles. The normalized spacial score (nSPS) is 11.7. The maximum Gasteiger partial charge on any atom is 0.421 e. The van der Waals surface area contributed by atoms with Crippen LogP contribution in [-0.4, -0.2) is 36.5 Å². The molecule has 0 unspecified atom stereocenters. The number of rotatable bonds is 12. The monoisotopic (exact) mass is 581 g/mol. The number of carbonyl (C=O) groups excluding carboxylic acids is 2. The Morgan fingerprint density at radius 1 is 1.07 bits per heavy atom. The van der Waals surface area contributed by atoms with E-state index in [2.05, 4.69) is 18.8 Å². The molecule has 0 saturated heterocycles. The van der Waals surface area contributed by atoms with Crippen molar-refractivity contribution in [2.75, 3.05) is 6.61 Å². The largest absolute Gasteiger partial charge is 0.449 e. The summed E-state index contributed by atoms with van der Waals surface area (Å²) < 4.78 is 35.7. The van der Waals surface area contributed by atoms with Crippen molar-refractivity contribution in [2.24, 2.45) is 5.92 Å². The van der Waals surface area contributed by atoms with Crippen molar-refractivity contribution in [1.82, 2.24) is 14.3 Å². The van der Waals surface area contributed by atoms with Crippen LogP contribution >= 0.6 is 11.3 Å². The number of sulfonamides is 1. The number of aromatic nitrogens is 2. The molecule has 40 heavy (non-hydrogen) atoms. The molecule has 0 bridgehead atoms. The molecule has 0 saturated carbocycles. The fourth-order valence-corrected chi connectivity index (χ4v) is 7.33. The molecule has 4 aromatic rings. The van der Waals surface area contributed by atoms with Crippen LogP contribution in [0, 0.1) is 5.92 Å². The first-order valence-electron chi connectivity index (χ1n) is 13.5. The third-order valence-corrected chi connectivity index (χ3v) is 9.40. The average molecular weight is 582 g/mol. The Balaban J connectivity index is 1.67. The Morgan fingerprint density at radius 2 is 1.85 bits per heavy atom. The van der Waals surface area contributed by atoms with E-state index >= 15 is 0 Å². The summed E-state index contributed by atoms with van der Waals surface area (Å²) in [5.41, 5.74) is 3.23. The molecule has 2 aromatic carbocycles. The number of imidazole rings is 1.